The van der Waals surface area contributed by atoms with Gasteiger partial charge in [-0.05, 0) is 6.92 Å². The predicted molar refractivity (Wildman–Crippen MR) is 73.5 cm³/mol. The summed E-state index contributed by atoms with van der Waals surface area (Å²) in [5.74, 6) is -10.6. The minimum absolute atomic E-state index is 0.332. The molecule has 0 aliphatic carbocycles. The molecule has 0 radical (unpaired) electrons. The Morgan fingerprint density at radius 1 is 0.806 bits per heavy atom. The molecule has 1 saturated heterocycles. The van der Waals surface area contributed by atoms with E-state index >= 15 is 0 Å². The monoisotopic (exact) mass is 495 g/mol. The van der Waals surface area contributed by atoms with E-state index in [1.54, 1.807) is 0 Å². The first-order valence-electron chi connectivity index (χ1n) is 8.16. The average molecular weight is 495 g/mol. The molecule has 0 aromatic rings. The van der Waals surface area contributed by atoms with E-state index in [0.717, 1.165) is 6.92 Å². The third-order valence-corrected chi connectivity index (χ3v) is 3.98. The molecule has 0 amide bonds. The highest BCUT2D eigenvalue weighted by atomic mass is 19.4. The summed E-state index contributed by atoms with van der Waals surface area (Å²) < 4.78 is 189. The van der Waals surface area contributed by atoms with Crippen LogP contribution in [0.5, 0.6) is 0 Å². The first-order chi connectivity index (χ1) is 13.6. The molecule has 0 bridgehead atoms. The molecule has 4 atom stereocenters. The normalized spacial score (nSPS) is 24.9. The van der Waals surface area contributed by atoms with Crippen LogP contribution in [0.4, 0.5) is 61.5 Å². The van der Waals surface area contributed by atoms with E-state index in [2.05, 4.69) is 9.47 Å². The Morgan fingerprint density at radius 3 is 1.71 bits per heavy atom. The van der Waals surface area contributed by atoms with E-state index in [4.69, 9.17) is 0 Å². The zero-order valence-corrected chi connectivity index (χ0v) is 15.2. The highest BCUT2D eigenvalue weighted by Crippen LogP contribution is 2.40. The maximum absolute atomic E-state index is 14.2. The van der Waals surface area contributed by atoms with Crippen LogP contribution in [-0.4, -0.2) is 86.0 Å². The van der Waals surface area contributed by atoms with E-state index in [0.29, 0.717) is 0 Å². The van der Waals surface area contributed by atoms with E-state index in [9.17, 15) is 61.5 Å². The fourth-order valence-corrected chi connectivity index (χ4v) is 2.80. The summed E-state index contributed by atoms with van der Waals surface area (Å²) in [6, 6.07) is -3.98. The fourth-order valence-electron chi connectivity index (χ4n) is 2.80. The molecule has 1 fully saturated rings. The molecule has 1 aliphatic heterocycles. The van der Waals surface area contributed by atoms with Crippen LogP contribution in [0.15, 0.2) is 0 Å². The number of ether oxygens (including phenoxy) is 2. The van der Waals surface area contributed by atoms with Crippen molar-refractivity contribution in [1.29, 1.82) is 0 Å². The van der Waals surface area contributed by atoms with Crippen molar-refractivity contribution in [2.75, 3.05) is 26.3 Å². The highest BCUT2D eigenvalue weighted by molar-refractivity contribution is 4.96. The van der Waals surface area contributed by atoms with E-state index < -0.39 is 81.1 Å². The van der Waals surface area contributed by atoms with Gasteiger partial charge in [0.05, 0.1) is 6.10 Å². The number of hydrogen-bond acceptors (Lipinski definition) is 3. The van der Waals surface area contributed by atoms with Gasteiger partial charge >= 0.3 is 24.5 Å². The molecule has 3 nitrogen and oxygen atoms in total. The summed E-state index contributed by atoms with van der Waals surface area (Å²) in [6.45, 7) is -7.11. The van der Waals surface area contributed by atoms with Crippen LogP contribution in [0, 0.1) is 0 Å². The third-order valence-electron chi connectivity index (χ3n) is 3.98. The predicted octanol–water partition coefficient (Wildman–Crippen LogP) is 4.76. The molecule has 0 spiro atoms. The van der Waals surface area contributed by atoms with Crippen LogP contribution < -0.4 is 0 Å². The second-order valence-corrected chi connectivity index (χ2v) is 6.79. The molecular weight excluding hydrogens is 480 g/mol. The van der Waals surface area contributed by atoms with Crippen LogP contribution in [0.25, 0.3) is 0 Å². The van der Waals surface area contributed by atoms with E-state index in [1.165, 1.54) is 0 Å². The summed E-state index contributed by atoms with van der Waals surface area (Å²) in [6.07, 6.45) is -26.5. The quantitative estimate of drug-likeness (QED) is 0.476. The summed E-state index contributed by atoms with van der Waals surface area (Å²) in [4.78, 5) is -0.332. The summed E-state index contributed by atoms with van der Waals surface area (Å²) >= 11 is 0. The second-order valence-electron chi connectivity index (χ2n) is 6.79. The second kappa shape index (κ2) is 9.03. The van der Waals surface area contributed by atoms with Crippen molar-refractivity contribution < 1.29 is 70.9 Å². The number of hydrogen-bond donors (Lipinski definition) is 0. The Hall–Kier alpha value is -1.10. The largest absolute Gasteiger partial charge is 0.425 e. The summed E-state index contributed by atoms with van der Waals surface area (Å²) in [5, 5.41) is 0. The van der Waals surface area contributed by atoms with Gasteiger partial charge in [-0.25, -0.2) is 22.0 Å². The molecule has 0 aromatic heterocycles. The molecule has 1 aliphatic rings. The minimum Gasteiger partial charge on any atom is -0.369 e. The zero-order valence-electron chi connectivity index (χ0n) is 15.2. The van der Waals surface area contributed by atoms with Gasteiger partial charge < -0.3 is 9.47 Å². The highest BCUT2D eigenvalue weighted by Gasteiger charge is 2.62. The Labute approximate surface area is 165 Å². The molecule has 3 unspecified atom stereocenters. The van der Waals surface area contributed by atoms with Gasteiger partial charge in [-0.1, -0.05) is 0 Å². The fraction of sp³-hybridized carbons (Fsp3) is 1.00. The lowest BCUT2D eigenvalue weighted by atomic mass is 10.0. The van der Waals surface area contributed by atoms with Gasteiger partial charge in [0.2, 0.25) is 0 Å². The molecule has 17 heteroatoms. The SMILES string of the molecule is CC1CN(C(C(F)(F)F)C(F)(F)COCC(F)(F)[C@@H](F)C(F)(F)F)CC(C(F)(F)F)O1. The van der Waals surface area contributed by atoms with Gasteiger partial charge in [-0.3, -0.25) is 4.90 Å². The number of morpholine rings is 1. The lowest BCUT2D eigenvalue weighted by molar-refractivity contribution is -0.299. The Bertz CT molecular complexity index is 587. The van der Waals surface area contributed by atoms with Gasteiger partial charge in [-0.2, -0.15) is 39.5 Å². The van der Waals surface area contributed by atoms with Gasteiger partial charge in [0.25, 0.3) is 12.1 Å². The first-order valence-corrected chi connectivity index (χ1v) is 8.16. The van der Waals surface area contributed by atoms with Gasteiger partial charge in [0.1, 0.15) is 13.2 Å². The lowest BCUT2D eigenvalue weighted by Gasteiger charge is -2.44. The van der Waals surface area contributed by atoms with Crippen LogP contribution >= 0.6 is 0 Å². The summed E-state index contributed by atoms with van der Waals surface area (Å²) in [5.41, 5.74) is 0. The Balaban J connectivity index is 3.00. The van der Waals surface area contributed by atoms with Gasteiger partial charge in [-0.15, -0.1) is 0 Å². The number of nitrogens with zero attached hydrogens (tertiary/aromatic N) is 1. The van der Waals surface area contributed by atoms with Crippen molar-refractivity contribution >= 4 is 0 Å². The van der Waals surface area contributed by atoms with Crippen molar-refractivity contribution in [3.05, 3.63) is 0 Å². The third kappa shape index (κ3) is 7.47. The van der Waals surface area contributed by atoms with Crippen molar-refractivity contribution in [3.63, 3.8) is 0 Å². The van der Waals surface area contributed by atoms with Crippen molar-refractivity contribution in [1.82, 2.24) is 4.90 Å². The number of rotatable bonds is 7. The van der Waals surface area contributed by atoms with Crippen molar-refractivity contribution in [2.24, 2.45) is 0 Å². The van der Waals surface area contributed by atoms with Crippen LogP contribution in [0.3, 0.4) is 0 Å². The number of alkyl halides is 14. The van der Waals surface area contributed by atoms with Crippen molar-refractivity contribution in [2.45, 2.75) is 61.7 Å². The van der Waals surface area contributed by atoms with Crippen LogP contribution in [0.1, 0.15) is 6.92 Å². The smallest absolute Gasteiger partial charge is 0.369 e. The maximum atomic E-state index is 14.2. The molecule has 0 aromatic carbocycles. The number of halogens is 14. The Morgan fingerprint density at radius 2 is 1.29 bits per heavy atom. The molecule has 1 heterocycles. The molecule has 1 rings (SSSR count). The molecule has 0 saturated carbocycles. The maximum Gasteiger partial charge on any atom is 0.425 e. The standard InChI is InChI=1S/C14H15F14NO2/c1-6-2-29(3-7(31-6)12(20,21)22)9(14(26,27)28)11(18,19)5-30-4-10(16,17)8(15)13(23,24)25/h6-9H,2-5H2,1H3/t6?,7?,8-,9?/m1/s1. The average Bonchev–Trinajstić information content (AvgIpc) is 2.49. The van der Waals surface area contributed by atoms with Crippen LogP contribution in [0.2, 0.25) is 0 Å². The van der Waals surface area contributed by atoms with Gasteiger partial charge in [0.15, 0.2) is 12.1 Å². The molecule has 186 valence electrons. The topological polar surface area (TPSA) is 21.7 Å². The van der Waals surface area contributed by atoms with Crippen LogP contribution in [-0.2, 0) is 9.47 Å². The van der Waals surface area contributed by atoms with E-state index in [-0.39, 0.29) is 4.90 Å². The summed E-state index contributed by atoms with van der Waals surface area (Å²) in [7, 11) is 0. The van der Waals surface area contributed by atoms with Gasteiger partial charge in [0, 0.05) is 13.1 Å². The molecule has 31 heavy (non-hydrogen) atoms. The minimum atomic E-state index is -6.11. The van der Waals surface area contributed by atoms with Crippen molar-refractivity contribution in [3.8, 4) is 0 Å². The lowest BCUT2D eigenvalue weighted by Crippen LogP contribution is -2.64. The van der Waals surface area contributed by atoms with E-state index in [1.807, 2.05) is 0 Å². The zero-order chi connectivity index (χ0) is 24.6. The Kier molecular flexibility index (Phi) is 8.14. The first kappa shape index (κ1) is 27.9. The molecular formula is C14H15F14NO2. The molecule has 0 N–H and O–H groups in total.